The van der Waals surface area contributed by atoms with E-state index in [9.17, 15) is 0 Å². The Hall–Kier alpha value is -4.02. The molecule has 10 heteroatoms. The largest absolute Gasteiger partial charge is 0.366 e. The standard InChI is InChI=1S/C39H46F2N8/c1-22-15-23(2)21-48(20-22)37-27(40)18-26(19-28(37)41)49-35(24-7-9-29-33(16-24)46-38(44-29)31-5-3-13-42-31)11-12-36(49)25-8-10-30-34(17-25)47-39(45-30)32-6-4-14-43-32/h7-10,16-19,22-23,31-32,35-36,42-43H,3-6,11-15,20-21H2,1-2H3,(H,44,46)(H,45,47)/t22?,23?,31-,32-,35-,36+/m0/s1. The van der Waals surface area contributed by atoms with Crippen molar-refractivity contribution in [3.63, 3.8) is 0 Å². The fraction of sp³-hybridized carbons (Fsp3) is 0.487. The number of hydrogen-bond acceptors (Lipinski definition) is 6. The van der Waals surface area contributed by atoms with Crippen molar-refractivity contribution in [2.75, 3.05) is 36.0 Å². The average Bonchev–Trinajstić information content (AvgIpc) is 3.92. The lowest BCUT2D eigenvalue weighted by atomic mass is 9.91. The maximum atomic E-state index is 16.2. The molecule has 9 rings (SSSR count). The number of nitrogens with one attached hydrogen (secondary N) is 4. The van der Waals surface area contributed by atoms with Gasteiger partial charge < -0.3 is 30.4 Å². The van der Waals surface area contributed by atoms with Gasteiger partial charge in [-0.3, -0.25) is 0 Å². The van der Waals surface area contributed by atoms with E-state index in [2.05, 4.69) is 75.7 Å². The summed E-state index contributed by atoms with van der Waals surface area (Å²) >= 11 is 0. The number of aromatic amines is 2. The van der Waals surface area contributed by atoms with Gasteiger partial charge in [0.05, 0.1) is 46.2 Å². The van der Waals surface area contributed by atoms with Crippen LogP contribution in [0, 0.1) is 23.5 Å². The summed E-state index contributed by atoms with van der Waals surface area (Å²) in [6, 6.07) is 16.4. The first-order chi connectivity index (χ1) is 23.9. The summed E-state index contributed by atoms with van der Waals surface area (Å²) in [6.07, 6.45) is 7.23. The van der Waals surface area contributed by atoms with Crippen molar-refractivity contribution in [1.29, 1.82) is 0 Å². The van der Waals surface area contributed by atoms with Crippen molar-refractivity contribution in [2.24, 2.45) is 11.8 Å². The fourth-order valence-corrected chi connectivity index (χ4v) is 9.35. The Balaban J connectivity index is 1.10. The number of hydrogen-bond donors (Lipinski definition) is 4. The molecule has 0 aliphatic carbocycles. The van der Waals surface area contributed by atoms with Gasteiger partial charge in [-0.15, -0.1) is 0 Å². The van der Waals surface area contributed by atoms with Gasteiger partial charge in [-0.1, -0.05) is 26.0 Å². The molecule has 4 fully saturated rings. The number of piperidine rings is 1. The third kappa shape index (κ3) is 5.66. The van der Waals surface area contributed by atoms with Crippen LogP contribution in [0.15, 0.2) is 48.5 Å². The SMILES string of the molecule is CC1CC(C)CN(c2c(F)cc(N3[C@@H](c4ccc5nc([C@@H]6CCCN6)[nH]c5c4)CC[C@H]3c3ccc4nc([C@@H]5CCCN5)[nH]c4c3)cc2F)C1. The smallest absolute Gasteiger partial charge is 0.151 e. The van der Waals surface area contributed by atoms with Gasteiger partial charge in [-0.25, -0.2) is 18.7 Å². The molecule has 0 bridgehead atoms. The van der Waals surface area contributed by atoms with Crippen LogP contribution in [0.1, 0.15) is 106 Å². The topological polar surface area (TPSA) is 87.9 Å². The van der Waals surface area contributed by atoms with Crippen LogP contribution in [0.3, 0.4) is 0 Å². The van der Waals surface area contributed by atoms with Gasteiger partial charge in [0.2, 0.25) is 0 Å². The second-order valence-electron chi connectivity index (χ2n) is 15.2. The summed E-state index contributed by atoms with van der Waals surface area (Å²) in [4.78, 5) is 21.1. The Kier molecular flexibility index (Phi) is 7.84. The Morgan fingerprint density at radius 2 is 1.18 bits per heavy atom. The Morgan fingerprint density at radius 1 is 0.673 bits per heavy atom. The molecule has 2 unspecified atom stereocenters. The van der Waals surface area contributed by atoms with Crippen LogP contribution in [0.2, 0.25) is 0 Å². The van der Waals surface area contributed by atoms with E-state index < -0.39 is 11.6 Å². The van der Waals surface area contributed by atoms with Gasteiger partial charge in [0, 0.05) is 18.8 Å². The molecule has 4 aliphatic heterocycles. The molecule has 0 radical (unpaired) electrons. The highest BCUT2D eigenvalue weighted by Gasteiger charge is 2.38. The number of benzene rings is 3. The lowest BCUT2D eigenvalue weighted by molar-refractivity contribution is 0.352. The van der Waals surface area contributed by atoms with Gasteiger partial charge in [-0.2, -0.15) is 0 Å². The lowest BCUT2D eigenvalue weighted by Gasteiger charge is -2.38. The molecular weight excluding hydrogens is 618 g/mol. The summed E-state index contributed by atoms with van der Waals surface area (Å²) < 4.78 is 32.5. The molecule has 256 valence electrons. The van der Waals surface area contributed by atoms with E-state index in [0.717, 1.165) is 103 Å². The molecule has 49 heavy (non-hydrogen) atoms. The first kappa shape index (κ1) is 31.0. The second kappa shape index (κ2) is 12.4. The summed E-state index contributed by atoms with van der Waals surface area (Å²) in [5.74, 6) is 1.75. The molecule has 6 heterocycles. The third-order valence-electron chi connectivity index (χ3n) is 11.5. The van der Waals surface area contributed by atoms with Crippen molar-refractivity contribution >= 4 is 33.4 Å². The highest BCUT2D eigenvalue weighted by molar-refractivity contribution is 5.78. The molecule has 2 aromatic heterocycles. The predicted octanol–water partition coefficient (Wildman–Crippen LogP) is 8.13. The molecule has 4 saturated heterocycles. The third-order valence-corrected chi connectivity index (χ3v) is 11.5. The number of halogens is 2. The predicted molar refractivity (Wildman–Crippen MR) is 191 cm³/mol. The van der Waals surface area contributed by atoms with Gasteiger partial charge in [0.1, 0.15) is 17.3 Å². The molecule has 6 atom stereocenters. The number of anilines is 2. The van der Waals surface area contributed by atoms with E-state index in [-0.39, 0.29) is 29.9 Å². The Bertz CT molecular complexity index is 1850. The van der Waals surface area contributed by atoms with Crippen LogP contribution in [0.5, 0.6) is 0 Å². The minimum Gasteiger partial charge on any atom is -0.366 e. The summed E-state index contributed by atoms with van der Waals surface area (Å²) in [6.45, 7) is 7.68. The Labute approximate surface area is 286 Å². The van der Waals surface area contributed by atoms with Crippen LogP contribution in [0.25, 0.3) is 22.1 Å². The van der Waals surface area contributed by atoms with E-state index in [1.165, 1.54) is 0 Å². The second-order valence-corrected chi connectivity index (χ2v) is 15.2. The highest BCUT2D eigenvalue weighted by Crippen LogP contribution is 2.49. The number of nitrogens with zero attached hydrogens (tertiary/aromatic N) is 4. The van der Waals surface area contributed by atoms with Crippen LogP contribution >= 0.6 is 0 Å². The van der Waals surface area contributed by atoms with E-state index in [0.29, 0.717) is 30.6 Å². The molecule has 5 aromatic rings. The van der Waals surface area contributed by atoms with E-state index >= 15 is 8.78 Å². The quantitative estimate of drug-likeness (QED) is 0.147. The van der Waals surface area contributed by atoms with Gasteiger partial charge >= 0.3 is 0 Å². The first-order valence-electron chi connectivity index (χ1n) is 18.4. The number of rotatable bonds is 6. The minimum atomic E-state index is -0.490. The zero-order chi connectivity index (χ0) is 33.2. The molecule has 0 saturated carbocycles. The van der Waals surface area contributed by atoms with Gasteiger partial charge in [0.15, 0.2) is 11.6 Å². The van der Waals surface area contributed by atoms with E-state index in [1.807, 2.05) is 4.90 Å². The molecular formula is C39H46F2N8. The van der Waals surface area contributed by atoms with Crippen LogP contribution < -0.4 is 20.4 Å². The van der Waals surface area contributed by atoms with E-state index in [1.54, 1.807) is 12.1 Å². The highest BCUT2D eigenvalue weighted by atomic mass is 19.1. The van der Waals surface area contributed by atoms with Crippen molar-refractivity contribution in [2.45, 2.75) is 83.0 Å². The summed E-state index contributed by atoms with van der Waals surface area (Å²) in [5.41, 5.74) is 6.79. The van der Waals surface area contributed by atoms with Gasteiger partial charge in [-0.05, 0) is 117 Å². The zero-order valence-electron chi connectivity index (χ0n) is 28.4. The molecule has 4 aliphatic rings. The fourth-order valence-electron chi connectivity index (χ4n) is 9.35. The molecule has 8 nitrogen and oxygen atoms in total. The minimum absolute atomic E-state index is 0.0684. The number of imidazole rings is 2. The van der Waals surface area contributed by atoms with Crippen LogP contribution in [-0.2, 0) is 0 Å². The number of H-pyrrole nitrogens is 2. The maximum absolute atomic E-state index is 16.2. The zero-order valence-corrected chi connectivity index (χ0v) is 28.4. The number of aromatic nitrogens is 4. The maximum Gasteiger partial charge on any atom is 0.151 e. The van der Waals surface area contributed by atoms with Crippen LogP contribution in [0.4, 0.5) is 20.2 Å². The molecule has 3 aromatic carbocycles. The van der Waals surface area contributed by atoms with Crippen molar-refractivity contribution in [3.8, 4) is 0 Å². The number of fused-ring (bicyclic) bond motifs is 2. The molecule has 4 N–H and O–H groups in total. The first-order valence-corrected chi connectivity index (χ1v) is 18.4. The average molecular weight is 665 g/mol. The monoisotopic (exact) mass is 664 g/mol. The Morgan fingerprint density at radius 3 is 1.65 bits per heavy atom. The summed E-state index contributed by atoms with van der Waals surface area (Å²) in [7, 11) is 0. The van der Waals surface area contributed by atoms with Crippen molar-refractivity contribution in [1.82, 2.24) is 30.6 Å². The lowest BCUT2D eigenvalue weighted by Crippen LogP contribution is -2.39. The van der Waals surface area contributed by atoms with E-state index in [4.69, 9.17) is 9.97 Å². The normalized spacial score (nSPS) is 27.7. The van der Waals surface area contributed by atoms with Crippen LogP contribution in [-0.4, -0.2) is 46.1 Å². The van der Waals surface area contributed by atoms with Crippen molar-refractivity contribution < 1.29 is 8.78 Å². The molecule has 0 amide bonds. The summed E-state index contributed by atoms with van der Waals surface area (Å²) in [5, 5.41) is 7.08. The van der Waals surface area contributed by atoms with Gasteiger partial charge in [0.25, 0.3) is 0 Å². The molecule has 0 spiro atoms. The van der Waals surface area contributed by atoms with Crippen molar-refractivity contribution in [3.05, 3.63) is 82.9 Å².